The van der Waals surface area contributed by atoms with Crippen LogP contribution in [0.4, 0.5) is 0 Å². The monoisotopic (exact) mass is 337 g/mol. The van der Waals surface area contributed by atoms with Crippen molar-refractivity contribution in [2.45, 2.75) is 13.3 Å². The van der Waals surface area contributed by atoms with Gasteiger partial charge >= 0.3 is 0 Å². The Hall–Kier alpha value is -3.08. The van der Waals surface area contributed by atoms with Gasteiger partial charge in [0.05, 0.1) is 13.7 Å². The Morgan fingerprint density at radius 1 is 1.00 bits per heavy atom. The van der Waals surface area contributed by atoms with Gasteiger partial charge in [0.2, 0.25) is 0 Å². The lowest BCUT2D eigenvalue weighted by Gasteiger charge is -2.18. The van der Waals surface area contributed by atoms with Gasteiger partial charge in [-0.15, -0.1) is 0 Å². The zero-order valence-electron chi connectivity index (χ0n) is 14.2. The summed E-state index contributed by atoms with van der Waals surface area (Å²) in [6, 6.07) is 12.5. The molecule has 1 N–H and O–H groups in total. The number of benzene rings is 2. The molecule has 0 spiro atoms. The number of methoxy groups -OCH3 is 1. The summed E-state index contributed by atoms with van der Waals surface area (Å²) in [5, 5.41) is 2.37. The van der Waals surface area contributed by atoms with Gasteiger partial charge in [-0.1, -0.05) is 31.2 Å². The topological polar surface area (TPSA) is 64.6 Å². The highest BCUT2D eigenvalue weighted by Gasteiger charge is 2.26. The maximum atomic E-state index is 12.3. The lowest BCUT2D eigenvalue weighted by atomic mass is 9.93. The summed E-state index contributed by atoms with van der Waals surface area (Å²) in [4.78, 5) is 24.2. The molecule has 2 aromatic carbocycles. The largest absolute Gasteiger partial charge is 0.493 e. The van der Waals surface area contributed by atoms with E-state index in [4.69, 9.17) is 9.47 Å². The van der Waals surface area contributed by atoms with Gasteiger partial charge in [0.15, 0.2) is 11.5 Å². The second-order valence-corrected chi connectivity index (χ2v) is 5.65. The van der Waals surface area contributed by atoms with Gasteiger partial charge in [0.1, 0.15) is 0 Å². The van der Waals surface area contributed by atoms with Gasteiger partial charge < -0.3 is 9.47 Å². The Bertz CT molecular complexity index is 855. The number of ether oxygens (including phenoxy) is 2. The smallest absolute Gasteiger partial charge is 0.258 e. The van der Waals surface area contributed by atoms with Crippen molar-refractivity contribution in [1.29, 1.82) is 0 Å². The van der Waals surface area contributed by atoms with Crippen molar-refractivity contribution in [2.24, 2.45) is 0 Å². The molecule has 0 saturated heterocycles. The van der Waals surface area contributed by atoms with Gasteiger partial charge in [0.25, 0.3) is 11.8 Å². The zero-order valence-corrected chi connectivity index (χ0v) is 14.2. The Kier molecular flexibility index (Phi) is 4.84. The summed E-state index contributed by atoms with van der Waals surface area (Å²) in [7, 11) is 1.58. The van der Waals surface area contributed by atoms with Crippen molar-refractivity contribution in [3.63, 3.8) is 0 Å². The highest BCUT2D eigenvalue weighted by atomic mass is 16.5. The first-order valence-corrected chi connectivity index (χ1v) is 8.11. The summed E-state index contributed by atoms with van der Waals surface area (Å²) in [5.41, 5.74) is 2.35. The summed E-state index contributed by atoms with van der Waals surface area (Å²) in [6.45, 7) is 2.64. The number of amides is 2. The Balaban J connectivity index is 2.01. The summed E-state index contributed by atoms with van der Waals surface area (Å²) in [6.07, 6.45) is 2.65. The van der Waals surface area contributed by atoms with Crippen molar-refractivity contribution in [2.75, 3.05) is 13.7 Å². The minimum atomic E-state index is -0.408. The molecule has 1 heterocycles. The highest BCUT2D eigenvalue weighted by molar-refractivity contribution is 6.33. The molecule has 0 saturated carbocycles. The average molecular weight is 337 g/mol. The van der Waals surface area contributed by atoms with Gasteiger partial charge in [0, 0.05) is 11.1 Å². The molecule has 0 aliphatic carbocycles. The van der Waals surface area contributed by atoms with E-state index in [9.17, 15) is 9.59 Å². The van der Waals surface area contributed by atoms with Gasteiger partial charge in [-0.05, 0) is 41.8 Å². The fourth-order valence-corrected chi connectivity index (χ4v) is 2.69. The van der Waals surface area contributed by atoms with Crippen LogP contribution >= 0.6 is 0 Å². The predicted octanol–water partition coefficient (Wildman–Crippen LogP) is 3.29. The first kappa shape index (κ1) is 16.8. The number of carbonyl (C=O) groups is 2. The molecule has 1 aliphatic rings. The Labute approximate surface area is 146 Å². The quantitative estimate of drug-likeness (QED) is 0.672. The molecule has 3 rings (SSSR count). The van der Waals surface area contributed by atoms with Crippen LogP contribution in [0.2, 0.25) is 0 Å². The van der Waals surface area contributed by atoms with E-state index in [2.05, 4.69) is 5.32 Å². The second-order valence-electron chi connectivity index (χ2n) is 5.65. The van der Waals surface area contributed by atoms with E-state index < -0.39 is 5.91 Å². The molecule has 0 bridgehead atoms. The highest BCUT2D eigenvalue weighted by Crippen LogP contribution is 2.31. The molecule has 2 aromatic rings. The molecule has 1 aliphatic heterocycles. The van der Waals surface area contributed by atoms with Gasteiger partial charge in [-0.3, -0.25) is 14.9 Å². The Morgan fingerprint density at radius 2 is 1.76 bits per heavy atom. The van der Waals surface area contributed by atoms with Crippen LogP contribution in [0.15, 0.2) is 42.5 Å². The second kappa shape index (κ2) is 7.21. The van der Waals surface area contributed by atoms with Crippen LogP contribution in [0.5, 0.6) is 11.5 Å². The predicted molar refractivity (Wildman–Crippen MR) is 95.6 cm³/mol. The van der Waals surface area contributed by atoms with Crippen LogP contribution < -0.4 is 14.8 Å². The molecule has 5 nitrogen and oxygen atoms in total. The third-order valence-corrected chi connectivity index (χ3v) is 3.89. The van der Waals surface area contributed by atoms with Gasteiger partial charge in [-0.2, -0.15) is 0 Å². The fraction of sp³-hybridized carbons (Fsp3) is 0.200. The van der Waals surface area contributed by atoms with E-state index >= 15 is 0 Å². The fourth-order valence-electron chi connectivity index (χ4n) is 2.69. The maximum absolute atomic E-state index is 12.3. The normalized spacial score (nSPS) is 14.9. The number of imide groups is 1. The van der Waals surface area contributed by atoms with Crippen LogP contribution in [0.3, 0.4) is 0 Å². The van der Waals surface area contributed by atoms with E-state index in [0.717, 1.165) is 12.0 Å². The van der Waals surface area contributed by atoms with Crippen molar-refractivity contribution in [3.8, 4) is 11.5 Å². The third kappa shape index (κ3) is 3.40. The first-order chi connectivity index (χ1) is 12.1. The van der Waals surface area contributed by atoms with E-state index in [-0.39, 0.29) is 5.91 Å². The number of rotatable bonds is 5. The SMILES string of the molecule is CCCOc1ccc(C=C2C(=O)NC(=O)c3ccccc32)cc1OC. The lowest BCUT2D eigenvalue weighted by molar-refractivity contribution is -0.114. The molecule has 5 heteroatoms. The zero-order chi connectivity index (χ0) is 17.8. The average Bonchev–Trinajstić information content (AvgIpc) is 2.63. The number of nitrogens with one attached hydrogen (secondary N) is 1. The van der Waals surface area contributed by atoms with E-state index in [0.29, 0.717) is 34.8 Å². The molecular weight excluding hydrogens is 318 g/mol. The number of carbonyl (C=O) groups excluding carboxylic acids is 2. The minimum Gasteiger partial charge on any atom is -0.493 e. The molecule has 25 heavy (non-hydrogen) atoms. The number of hydrogen-bond acceptors (Lipinski definition) is 4. The molecule has 0 unspecified atom stereocenters. The van der Waals surface area contributed by atoms with E-state index in [1.54, 1.807) is 37.5 Å². The van der Waals surface area contributed by atoms with Crippen molar-refractivity contribution < 1.29 is 19.1 Å². The standard InChI is InChI=1S/C20H19NO4/c1-3-10-25-17-9-8-13(12-18(17)24-2)11-16-14-6-4-5-7-15(14)19(22)21-20(16)23/h4-9,11-12H,3,10H2,1-2H3,(H,21,22,23). The van der Waals surface area contributed by atoms with Crippen molar-refractivity contribution in [3.05, 3.63) is 59.2 Å². The van der Waals surface area contributed by atoms with E-state index in [1.807, 2.05) is 25.1 Å². The summed E-state index contributed by atoms with van der Waals surface area (Å²) in [5.74, 6) is 0.478. The maximum Gasteiger partial charge on any atom is 0.258 e. The molecule has 128 valence electrons. The van der Waals surface area contributed by atoms with Crippen LogP contribution in [0.1, 0.15) is 34.8 Å². The van der Waals surface area contributed by atoms with Crippen molar-refractivity contribution in [1.82, 2.24) is 5.32 Å². The molecular formula is C20H19NO4. The summed E-state index contributed by atoms with van der Waals surface area (Å²) < 4.78 is 11.0. The van der Waals surface area contributed by atoms with E-state index in [1.165, 1.54) is 0 Å². The number of hydrogen-bond donors (Lipinski definition) is 1. The third-order valence-electron chi connectivity index (χ3n) is 3.89. The number of fused-ring (bicyclic) bond motifs is 1. The Morgan fingerprint density at radius 3 is 2.48 bits per heavy atom. The van der Waals surface area contributed by atoms with Crippen molar-refractivity contribution >= 4 is 23.5 Å². The first-order valence-electron chi connectivity index (χ1n) is 8.11. The van der Waals surface area contributed by atoms with Crippen LogP contribution in [-0.4, -0.2) is 25.5 Å². The van der Waals surface area contributed by atoms with Crippen LogP contribution in [0.25, 0.3) is 11.6 Å². The van der Waals surface area contributed by atoms with Crippen LogP contribution in [0, 0.1) is 0 Å². The molecule has 0 fully saturated rings. The minimum absolute atomic E-state index is 0.376. The van der Waals surface area contributed by atoms with Gasteiger partial charge in [-0.25, -0.2) is 0 Å². The molecule has 2 amide bonds. The lowest BCUT2D eigenvalue weighted by Crippen LogP contribution is -2.36. The summed E-state index contributed by atoms with van der Waals surface area (Å²) >= 11 is 0. The molecule has 0 atom stereocenters. The van der Waals surface area contributed by atoms with Crippen LogP contribution in [-0.2, 0) is 4.79 Å². The molecule has 0 radical (unpaired) electrons. The molecule has 0 aromatic heterocycles.